The molecule has 168 valence electrons. The van der Waals surface area contributed by atoms with E-state index in [-0.39, 0.29) is 18.4 Å². The number of nitrogens with one attached hydrogen (secondary N) is 3. The molecule has 0 atom stereocenters. The van der Waals surface area contributed by atoms with E-state index >= 15 is 0 Å². The van der Waals surface area contributed by atoms with Crippen molar-refractivity contribution in [3.63, 3.8) is 0 Å². The van der Waals surface area contributed by atoms with Crippen molar-refractivity contribution in [1.82, 2.24) is 25.6 Å². The molecule has 1 aromatic carbocycles. The second kappa shape index (κ2) is 10.1. The number of pyridine rings is 1. The lowest BCUT2D eigenvalue weighted by molar-refractivity contribution is -0.121. The van der Waals surface area contributed by atoms with Crippen molar-refractivity contribution < 1.29 is 14.3 Å². The monoisotopic (exact) mass is 500 g/mol. The van der Waals surface area contributed by atoms with Crippen LogP contribution in [0.15, 0.2) is 41.1 Å². The first-order valence-electron chi connectivity index (χ1n) is 10.6. The van der Waals surface area contributed by atoms with Gasteiger partial charge in [-0.3, -0.25) is 20.4 Å². The van der Waals surface area contributed by atoms with Crippen LogP contribution < -0.4 is 16.2 Å². The molecule has 1 aliphatic rings. The van der Waals surface area contributed by atoms with E-state index < -0.39 is 5.91 Å². The summed E-state index contributed by atoms with van der Waals surface area (Å²) < 4.78 is 8.17. The van der Waals surface area contributed by atoms with E-state index in [1.54, 1.807) is 10.9 Å². The van der Waals surface area contributed by atoms with Gasteiger partial charge >= 0.3 is 0 Å². The minimum atomic E-state index is -0.442. The van der Waals surface area contributed by atoms with Gasteiger partial charge in [0.1, 0.15) is 0 Å². The highest BCUT2D eigenvalue weighted by Crippen LogP contribution is 2.28. The summed E-state index contributed by atoms with van der Waals surface area (Å²) in [5, 5.41) is 8.64. The lowest BCUT2D eigenvalue weighted by Crippen LogP contribution is -2.42. The third-order valence-corrected chi connectivity index (χ3v) is 5.90. The first-order valence-corrected chi connectivity index (χ1v) is 11.4. The second-order valence-electron chi connectivity index (χ2n) is 7.58. The number of nitrogens with zero attached hydrogens (tertiary/aromatic N) is 3. The van der Waals surface area contributed by atoms with Crippen LogP contribution >= 0.6 is 15.9 Å². The van der Waals surface area contributed by atoms with Crippen molar-refractivity contribution in [2.45, 2.75) is 38.8 Å². The zero-order chi connectivity index (χ0) is 22.5. The largest absolute Gasteiger partial charge is 0.381 e. The third-order valence-electron chi connectivity index (χ3n) is 5.37. The second-order valence-corrected chi connectivity index (χ2v) is 8.50. The first-order chi connectivity index (χ1) is 15.5. The van der Waals surface area contributed by atoms with Crippen LogP contribution in [-0.4, -0.2) is 45.8 Å². The zero-order valence-electron chi connectivity index (χ0n) is 17.7. The molecule has 3 N–H and O–H groups in total. The summed E-state index contributed by atoms with van der Waals surface area (Å²) in [5.41, 5.74) is 7.58. The van der Waals surface area contributed by atoms with Crippen LogP contribution in [0.25, 0.3) is 11.0 Å². The van der Waals surface area contributed by atoms with Gasteiger partial charge in [-0.05, 0) is 37.5 Å². The first kappa shape index (κ1) is 22.2. The van der Waals surface area contributed by atoms with Gasteiger partial charge in [0.25, 0.3) is 5.91 Å². The Labute approximate surface area is 194 Å². The molecule has 2 amide bonds. The molecule has 1 fully saturated rings. The highest BCUT2D eigenvalue weighted by Gasteiger charge is 2.22. The SMILES string of the molecule is CCn1ncc2c(NC3CCOCC3)c(C(=O)NNC(=O)Cc3ccc(Br)cc3)cnc21. The fourth-order valence-corrected chi connectivity index (χ4v) is 3.92. The molecule has 0 aliphatic carbocycles. The van der Waals surface area contributed by atoms with E-state index in [0.717, 1.165) is 28.3 Å². The van der Waals surface area contributed by atoms with Crippen LogP contribution in [0.3, 0.4) is 0 Å². The number of halogens is 1. The van der Waals surface area contributed by atoms with E-state index in [9.17, 15) is 9.59 Å². The van der Waals surface area contributed by atoms with Crippen molar-refractivity contribution in [1.29, 1.82) is 0 Å². The maximum Gasteiger partial charge on any atom is 0.273 e. The molecule has 2 aromatic heterocycles. The summed E-state index contributed by atoms with van der Waals surface area (Å²) in [7, 11) is 0. The number of aryl methyl sites for hydroxylation is 1. The molecule has 3 aromatic rings. The van der Waals surface area contributed by atoms with E-state index in [0.29, 0.717) is 36.7 Å². The summed E-state index contributed by atoms with van der Waals surface area (Å²) in [6, 6.07) is 7.62. The molecule has 9 nitrogen and oxygen atoms in total. The van der Waals surface area contributed by atoms with Gasteiger partial charge in [0.15, 0.2) is 5.65 Å². The number of hydrogen-bond donors (Lipinski definition) is 3. The molecule has 3 heterocycles. The van der Waals surface area contributed by atoms with Crippen molar-refractivity contribution >= 4 is 44.5 Å². The summed E-state index contributed by atoms with van der Waals surface area (Å²) in [6.45, 7) is 4.01. The fourth-order valence-electron chi connectivity index (χ4n) is 3.66. The van der Waals surface area contributed by atoms with Crippen LogP contribution in [0.1, 0.15) is 35.7 Å². The van der Waals surface area contributed by atoms with Gasteiger partial charge in [-0.1, -0.05) is 28.1 Å². The molecule has 0 bridgehead atoms. The molecule has 0 spiro atoms. The Morgan fingerprint density at radius 1 is 1.16 bits per heavy atom. The number of ether oxygens (including phenoxy) is 1. The lowest BCUT2D eigenvalue weighted by Gasteiger charge is -2.25. The van der Waals surface area contributed by atoms with Crippen molar-refractivity contribution in [2.24, 2.45) is 0 Å². The Hall–Kier alpha value is -2.98. The average Bonchev–Trinajstić information content (AvgIpc) is 3.23. The van der Waals surface area contributed by atoms with Gasteiger partial charge in [0, 0.05) is 36.5 Å². The molecule has 1 saturated heterocycles. The number of benzene rings is 1. The normalized spacial score (nSPS) is 14.3. The highest BCUT2D eigenvalue weighted by molar-refractivity contribution is 9.10. The molecule has 0 unspecified atom stereocenters. The van der Waals surface area contributed by atoms with Gasteiger partial charge in [0.05, 0.1) is 29.3 Å². The number of fused-ring (bicyclic) bond motifs is 1. The molecule has 1 aliphatic heterocycles. The standard InChI is InChI=1S/C22H25BrN6O3/c1-2-29-21-17(13-25-29)20(26-16-7-9-32-10-8-16)18(12-24-21)22(31)28-27-19(30)11-14-3-5-15(23)6-4-14/h3-6,12-13,16H,2,7-11H2,1H3,(H,24,26)(H,27,30)(H,28,31). The van der Waals surface area contributed by atoms with Crippen molar-refractivity contribution in [2.75, 3.05) is 18.5 Å². The number of amides is 2. The third kappa shape index (κ3) is 5.08. The maximum atomic E-state index is 13.0. The maximum absolute atomic E-state index is 13.0. The zero-order valence-corrected chi connectivity index (χ0v) is 19.3. The van der Waals surface area contributed by atoms with Crippen LogP contribution in [-0.2, 0) is 22.5 Å². The van der Waals surface area contributed by atoms with E-state index in [1.165, 1.54) is 6.20 Å². The summed E-state index contributed by atoms with van der Waals surface area (Å²) in [5.74, 6) is -0.755. The Bertz CT molecular complexity index is 1110. The van der Waals surface area contributed by atoms with Crippen LogP contribution in [0.2, 0.25) is 0 Å². The van der Waals surface area contributed by atoms with E-state index in [4.69, 9.17) is 4.74 Å². The molecule has 0 saturated carbocycles. The Kier molecular flexibility index (Phi) is 7.01. The lowest BCUT2D eigenvalue weighted by atomic mass is 10.1. The summed E-state index contributed by atoms with van der Waals surface area (Å²) in [6.07, 6.45) is 5.08. The number of anilines is 1. The highest BCUT2D eigenvalue weighted by atomic mass is 79.9. The quantitative estimate of drug-likeness (QED) is 0.449. The number of hydrazine groups is 1. The Morgan fingerprint density at radius 3 is 2.62 bits per heavy atom. The number of hydrogen-bond acceptors (Lipinski definition) is 6. The molecule has 32 heavy (non-hydrogen) atoms. The summed E-state index contributed by atoms with van der Waals surface area (Å²) in [4.78, 5) is 29.7. The Morgan fingerprint density at radius 2 is 1.91 bits per heavy atom. The summed E-state index contributed by atoms with van der Waals surface area (Å²) >= 11 is 3.37. The van der Waals surface area contributed by atoms with E-state index in [2.05, 4.69) is 42.2 Å². The van der Waals surface area contributed by atoms with Gasteiger partial charge in [-0.15, -0.1) is 0 Å². The number of carbonyl (C=O) groups excluding carboxylic acids is 2. The molecular formula is C22H25BrN6O3. The van der Waals surface area contributed by atoms with Gasteiger partial charge in [-0.25, -0.2) is 9.67 Å². The predicted octanol–water partition coefficient (Wildman–Crippen LogP) is 2.81. The van der Waals surface area contributed by atoms with Crippen LogP contribution in [0.5, 0.6) is 0 Å². The number of rotatable bonds is 6. The smallest absolute Gasteiger partial charge is 0.273 e. The topological polar surface area (TPSA) is 110 Å². The molecule has 10 heteroatoms. The van der Waals surface area contributed by atoms with Gasteiger partial charge in [0.2, 0.25) is 5.91 Å². The van der Waals surface area contributed by atoms with Crippen LogP contribution in [0, 0.1) is 0 Å². The van der Waals surface area contributed by atoms with E-state index in [1.807, 2.05) is 31.2 Å². The Balaban J connectivity index is 1.51. The molecule has 0 radical (unpaired) electrons. The average molecular weight is 501 g/mol. The number of aromatic nitrogens is 3. The van der Waals surface area contributed by atoms with Crippen molar-refractivity contribution in [3.05, 3.63) is 52.3 Å². The molecule has 4 rings (SSSR count). The molecular weight excluding hydrogens is 476 g/mol. The van der Waals surface area contributed by atoms with Gasteiger partial charge in [-0.2, -0.15) is 5.10 Å². The number of carbonyl (C=O) groups is 2. The van der Waals surface area contributed by atoms with Crippen molar-refractivity contribution in [3.8, 4) is 0 Å². The predicted molar refractivity (Wildman–Crippen MR) is 124 cm³/mol. The van der Waals surface area contributed by atoms with Gasteiger partial charge < -0.3 is 10.1 Å². The minimum Gasteiger partial charge on any atom is -0.381 e. The fraction of sp³-hybridized carbons (Fsp3) is 0.364. The minimum absolute atomic E-state index is 0.154. The van der Waals surface area contributed by atoms with Crippen LogP contribution in [0.4, 0.5) is 5.69 Å².